The van der Waals surface area contributed by atoms with Crippen LogP contribution in [0.2, 0.25) is 0 Å². The number of rotatable bonds is 3. The number of fused-ring (bicyclic) bond motifs is 1. The van der Waals surface area contributed by atoms with Gasteiger partial charge in [0.2, 0.25) is 0 Å². The highest BCUT2D eigenvalue weighted by molar-refractivity contribution is 5.37. The Hall–Kier alpha value is -0.960. The predicted octanol–water partition coefficient (Wildman–Crippen LogP) is 3.25. The zero-order chi connectivity index (χ0) is 12.7. The number of nitrogens with two attached hydrogens (primary N) is 1. The minimum Gasteiger partial charge on any atom is -0.330 e. The van der Waals surface area contributed by atoms with Crippen LogP contribution < -0.4 is 5.73 Å². The van der Waals surface area contributed by atoms with E-state index in [0.29, 0.717) is 0 Å². The molecule has 3 heteroatoms. The van der Waals surface area contributed by atoms with Crippen LogP contribution in [-0.4, -0.2) is 6.54 Å². The minimum atomic E-state index is -2.88. The standard InChI is InChI=1S/C14H19F2N/c1-13(2,9-17)14(15,16)12-7-6-10-4-3-5-11(10)8-12/h6-8H,3-5,9,17H2,1-2H3. The molecule has 0 aliphatic heterocycles. The van der Waals surface area contributed by atoms with E-state index in [-0.39, 0.29) is 12.1 Å². The summed E-state index contributed by atoms with van der Waals surface area (Å²) >= 11 is 0. The molecule has 1 nitrogen and oxygen atoms in total. The van der Waals surface area contributed by atoms with Gasteiger partial charge in [-0.1, -0.05) is 26.0 Å². The SMILES string of the molecule is CC(C)(CN)C(F)(F)c1ccc2c(c1)CCC2. The zero-order valence-corrected chi connectivity index (χ0v) is 10.4. The summed E-state index contributed by atoms with van der Waals surface area (Å²) in [6, 6.07) is 5.07. The van der Waals surface area contributed by atoms with Crippen LogP contribution in [0, 0.1) is 5.41 Å². The molecule has 0 spiro atoms. The molecular formula is C14H19F2N. The lowest BCUT2D eigenvalue weighted by Gasteiger charge is -2.33. The van der Waals surface area contributed by atoms with Crippen LogP contribution in [-0.2, 0) is 18.8 Å². The van der Waals surface area contributed by atoms with Gasteiger partial charge < -0.3 is 5.73 Å². The van der Waals surface area contributed by atoms with E-state index < -0.39 is 11.3 Å². The van der Waals surface area contributed by atoms with Crippen LogP contribution in [0.15, 0.2) is 18.2 Å². The molecule has 0 atom stereocenters. The van der Waals surface area contributed by atoms with Crippen LogP contribution in [0.4, 0.5) is 8.78 Å². The highest BCUT2D eigenvalue weighted by Crippen LogP contribution is 2.44. The molecule has 2 rings (SSSR count). The largest absolute Gasteiger partial charge is 0.330 e. The molecule has 0 amide bonds. The average molecular weight is 239 g/mol. The first-order valence-corrected chi connectivity index (χ1v) is 6.08. The van der Waals surface area contributed by atoms with Gasteiger partial charge in [-0.25, -0.2) is 8.78 Å². The molecule has 94 valence electrons. The number of aryl methyl sites for hydroxylation is 2. The Kier molecular flexibility index (Phi) is 2.98. The van der Waals surface area contributed by atoms with Crippen molar-refractivity contribution in [1.29, 1.82) is 0 Å². The summed E-state index contributed by atoms with van der Waals surface area (Å²) in [5.74, 6) is -2.88. The van der Waals surface area contributed by atoms with Gasteiger partial charge in [-0.15, -0.1) is 0 Å². The summed E-state index contributed by atoms with van der Waals surface area (Å²) < 4.78 is 28.6. The number of hydrogen-bond donors (Lipinski definition) is 1. The predicted molar refractivity (Wildman–Crippen MR) is 65.2 cm³/mol. The fourth-order valence-corrected chi connectivity index (χ4v) is 2.29. The van der Waals surface area contributed by atoms with Crippen LogP contribution in [0.1, 0.15) is 37.0 Å². The van der Waals surface area contributed by atoms with Gasteiger partial charge in [-0.2, -0.15) is 0 Å². The van der Waals surface area contributed by atoms with E-state index in [1.165, 1.54) is 19.4 Å². The van der Waals surface area contributed by atoms with Crippen LogP contribution >= 0.6 is 0 Å². The number of halogens is 2. The van der Waals surface area contributed by atoms with Crippen molar-refractivity contribution in [2.75, 3.05) is 6.54 Å². The summed E-state index contributed by atoms with van der Waals surface area (Å²) in [6.07, 6.45) is 3.01. The van der Waals surface area contributed by atoms with Gasteiger partial charge in [0.05, 0.1) is 0 Å². The Morgan fingerprint density at radius 1 is 1.18 bits per heavy atom. The fraction of sp³-hybridized carbons (Fsp3) is 0.571. The van der Waals surface area contributed by atoms with Crippen LogP contribution in [0.3, 0.4) is 0 Å². The Morgan fingerprint density at radius 2 is 1.82 bits per heavy atom. The van der Waals surface area contributed by atoms with Crippen molar-refractivity contribution in [2.24, 2.45) is 11.1 Å². The number of benzene rings is 1. The second-order valence-electron chi connectivity index (χ2n) is 5.50. The van der Waals surface area contributed by atoms with Crippen molar-refractivity contribution in [3.8, 4) is 0 Å². The third kappa shape index (κ3) is 1.97. The molecule has 1 aliphatic carbocycles. The van der Waals surface area contributed by atoms with E-state index in [2.05, 4.69) is 0 Å². The Labute approximate surface area is 101 Å². The monoisotopic (exact) mass is 239 g/mol. The van der Waals surface area contributed by atoms with Crippen molar-refractivity contribution in [2.45, 2.75) is 39.0 Å². The van der Waals surface area contributed by atoms with E-state index in [0.717, 1.165) is 24.8 Å². The molecule has 1 aliphatic rings. The quantitative estimate of drug-likeness (QED) is 0.861. The van der Waals surface area contributed by atoms with E-state index in [1.54, 1.807) is 12.1 Å². The molecular weight excluding hydrogens is 220 g/mol. The molecule has 1 aromatic carbocycles. The van der Waals surface area contributed by atoms with Gasteiger partial charge in [0.25, 0.3) is 5.92 Å². The molecule has 0 heterocycles. The van der Waals surface area contributed by atoms with E-state index in [4.69, 9.17) is 5.73 Å². The van der Waals surface area contributed by atoms with Crippen molar-refractivity contribution in [3.63, 3.8) is 0 Å². The number of alkyl halides is 2. The smallest absolute Gasteiger partial charge is 0.279 e. The first-order chi connectivity index (χ1) is 7.88. The molecule has 0 bridgehead atoms. The van der Waals surface area contributed by atoms with Gasteiger partial charge in [0.1, 0.15) is 0 Å². The zero-order valence-electron chi connectivity index (χ0n) is 10.4. The Balaban J connectivity index is 2.40. The second kappa shape index (κ2) is 4.05. The van der Waals surface area contributed by atoms with E-state index >= 15 is 0 Å². The second-order valence-corrected chi connectivity index (χ2v) is 5.50. The van der Waals surface area contributed by atoms with Crippen LogP contribution in [0.25, 0.3) is 0 Å². The average Bonchev–Trinajstić information content (AvgIpc) is 2.75. The minimum absolute atomic E-state index is 0.0307. The van der Waals surface area contributed by atoms with Crippen LogP contribution in [0.5, 0.6) is 0 Å². The van der Waals surface area contributed by atoms with Gasteiger partial charge in [-0.05, 0) is 36.5 Å². The lowest BCUT2D eigenvalue weighted by atomic mass is 9.81. The van der Waals surface area contributed by atoms with Crippen molar-refractivity contribution >= 4 is 0 Å². The first-order valence-electron chi connectivity index (χ1n) is 6.08. The molecule has 0 fully saturated rings. The first kappa shape index (κ1) is 12.5. The molecule has 0 saturated carbocycles. The maximum atomic E-state index is 14.3. The van der Waals surface area contributed by atoms with Crippen molar-refractivity contribution in [1.82, 2.24) is 0 Å². The van der Waals surface area contributed by atoms with E-state index in [9.17, 15) is 8.78 Å². The molecule has 0 radical (unpaired) electrons. The summed E-state index contributed by atoms with van der Waals surface area (Å²) in [7, 11) is 0. The molecule has 1 aromatic rings. The maximum Gasteiger partial charge on any atom is 0.279 e. The third-order valence-electron chi connectivity index (χ3n) is 3.82. The lowest BCUT2D eigenvalue weighted by molar-refractivity contribution is -0.108. The van der Waals surface area contributed by atoms with E-state index in [1.807, 2.05) is 6.07 Å². The highest BCUT2D eigenvalue weighted by Gasteiger charge is 2.47. The summed E-state index contributed by atoms with van der Waals surface area (Å²) in [6.45, 7) is 3.00. The normalized spacial score (nSPS) is 16.1. The van der Waals surface area contributed by atoms with Gasteiger partial charge >= 0.3 is 0 Å². The maximum absolute atomic E-state index is 14.3. The Bertz CT molecular complexity index is 424. The van der Waals surface area contributed by atoms with Gasteiger partial charge in [0, 0.05) is 17.5 Å². The molecule has 0 aromatic heterocycles. The molecule has 17 heavy (non-hydrogen) atoms. The summed E-state index contributed by atoms with van der Waals surface area (Å²) in [4.78, 5) is 0. The van der Waals surface area contributed by atoms with Gasteiger partial charge in [-0.3, -0.25) is 0 Å². The molecule has 0 saturated heterocycles. The van der Waals surface area contributed by atoms with Crippen molar-refractivity contribution < 1.29 is 8.78 Å². The number of hydrogen-bond acceptors (Lipinski definition) is 1. The fourth-order valence-electron chi connectivity index (χ4n) is 2.29. The molecule has 0 unspecified atom stereocenters. The molecule has 2 N–H and O–H groups in total. The highest BCUT2D eigenvalue weighted by atomic mass is 19.3. The van der Waals surface area contributed by atoms with Crippen molar-refractivity contribution in [3.05, 3.63) is 34.9 Å². The lowest BCUT2D eigenvalue weighted by Crippen LogP contribution is -2.40. The van der Waals surface area contributed by atoms with Gasteiger partial charge in [0.15, 0.2) is 0 Å². The summed E-state index contributed by atoms with van der Waals surface area (Å²) in [5, 5.41) is 0. The Morgan fingerprint density at radius 3 is 2.47 bits per heavy atom. The third-order valence-corrected chi connectivity index (χ3v) is 3.82. The topological polar surface area (TPSA) is 26.0 Å². The summed E-state index contributed by atoms with van der Waals surface area (Å²) in [5.41, 5.74) is 6.66.